The third-order valence-corrected chi connectivity index (χ3v) is 4.63. The van der Waals surface area contributed by atoms with E-state index in [0.717, 1.165) is 17.5 Å². The van der Waals surface area contributed by atoms with Crippen molar-refractivity contribution in [2.45, 2.75) is 31.8 Å². The van der Waals surface area contributed by atoms with E-state index in [1.54, 1.807) is 36.4 Å². The third-order valence-electron chi connectivity index (χ3n) is 4.63. The largest absolute Gasteiger partial charge is 0.454 e. The van der Waals surface area contributed by atoms with Crippen LogP contribution in [0.25, 0.3) is 0 Å². The first-order valence-electron chi connectivity index (χ1n) is 9.57. The van der Waals surface area contributed by atoms with Gasteiger partial charge >= 0.3 is 6.61 Å². The number of para-hydroxylation sites is 1. The maximum Gasteiger partial charge on any atom is 0.387 e. The Bertz CT molecular complexity index is 980. The second kappa shape index (κ2) is 10.4. The highest BCUT2D eigenvalue weighted by Crippen LogP contribution is 2.28. The molecule has 0 aliphatic heterocycles. The molecule has 5 heteroatoms. The molecule has 0 radical (unpaired) electrons. The molecule has 0 spiro atoms. The molecule has 3 aromatic rings. The van der Waals surface area contributed by atoms with Crippen LogP contribution in [-0.4, -0.2) is 6.61 Å². The van der Waals surface area contributed by atoms with Gasteiger partial charge in [-0.05, 0) is 66.8 Å². The highest BCUT2D eigenvalue weighted by Gasteiger charge is 2.11. The molecule has 154 valence electrons. The molecule has 3 aromatic carbocycles. The summed E-state index contributed by atoms with van der Waals surface area (Å²) in [6.45, 7) is -2.86. The Labute approximate surface area is 174 Å². The summed E-state index contributed by atoms with van der Waals surface area (Å²) in [7, 11) is 0. The number of hydrogen-bond donors (Lipinski definition) is 0. The molecule has 0 amide bonds. The maximum atomic E-state index is 14.1. The number of hydrogen-bond acceptors (Lipinski definition) is 2. The average Bonchev–Trinajstić information content (AvgIpc) is 2.74. The van der Waals surface area contributed by atoms with Gasteiger partial charge in [0.1, 0.15) is 11.5 Å². The van der Waals surface area contributed by atoms with Gasteiger partial charge in [-0.25, -0.2) is 4.39 Å². The third kappa shape index (κ3) is 6.05. The second-order valence-electron chi connectivity index (χ2n) is 6.74. The van der Waals surface area contributed by atoms with E-state index in [9.17, 15) is 13.2 Å². The van der Waals surface area contributed by atoms with Crippen LogP contribution in [-0.2, 0) is 6.42 Å². The summed E-state index contributed by atoms with van der Waals surface area (Å²) < 4.78 is 48.6. The van der Waals surface area contributed by atoms with Crippen LogP contribution in [0.5, 0.6) is 17.2 Å². The second-order valence-corrected chi connectivity index (χ2v) is 6.74. The lowest BCUT2D eigenvalue weighted by molar-refractivity contribution is -0.0498. The highest BCUT2D eigenvalue weighted by molar-refractivity contribution is 5.36. The number of halogens is 3. The molecule has 0 aromatic heterocycles. The van der Waals surface area contributed by atoms with Gasteiger partial charge in [0.2, 0.25) is 0 Å². The minimum Gasteiger partial charge on any atom is -0.454 e. The lowest BCUT2D eigenvalue weighted by Crippen LogP contribution is -2.02. The number of rotatable bonds is 9. The van der Waals surface area contributed by atoms with Crippen LogP contribution >= 0.6 is 0 Å². The van der Waals surface area contributed by atoms with E-state index >= 15 is 0 Å². The zero-order valence-corrected chi connectivity index (χ0v) is 16.2. The molecule has 0 saturated heterocycles. The van der Waals surface area contributed by atoms with Crippen molar-refractivity contribution in [1.82, 2.24) is 0 Å². The van der Waals surface area contributed by atoms with Crippen LogP contribution in [0.15, 0.2) is 72.8 Å². The fourth-order valence-corrected chi connectivity index (χ4v) is 3.14. The first kappa shape index (κ1) is 21.3. The van der Waals surface area contributed by atoms with Gasteiger partial charge in [-0.15, -0.1) is 6.42 Å². The molecule has 0 bridgehead atoms. The smallest absolute Gasteiger partial charge is 0.387 e. The monoisotopic (exact) mass is 410 g/mol. The fourth-order valence-electron chi connectivity index (χ4n) is 3.14. The SMILES string of the molecule is C#CC(CCCc1ccc(F)c(Oc2ccccc2)c1)c1ccc(OC(F)F)cc1. The van der Waals surface area contributed by atoms with Crippen LogP contribution in [0.4, 0.5) is 13.2 Å². The van der Waals surface area contributed by atoms with Crippen molar-refractivity contribution < 1.29 is 22.6 Å². The normalized spacial score (nSPS) is 11.7. The Morgan fingerprint density at radius 2 is 1.63 bits per heavy atom. The first-order chi connectivity index (χ1) is 14.5. The molecule has 0 aliphatic rings. The van der Waals surface area contributed by atoms with E-state index < -0.39 is 12.4 Å². The predicted octanol–water partition coefficient (Wildman–Crippen LogP) is 6.96. The Balaban J connectivity index is 1.58. The van der Waals surface area contributed by atoms with Crippen molar-refractivity contribution in [3.8, 4) is 29.6 Å². The van der Waals surface area contributed by atoms with Crippen molar-refractivity contribution in [3.05, 3.63) is 89.7 Å². The van der Waals surface area contributed by atoms with Gasteiger partial charge in [-0.2, -0.15) is 8.78 Å². The molecule has 0 aliphatic carbocycles. The summed E-state index contributed by atoms with van der Waals surface area (Å²) in [6, 6.07) is 20.2. The summed E-state index contributed by atoms with van der Waals surface area (Å²) in [4.78, 5) is 0. The zero-order chi connectivity index (χ0) is 21.3. The molecule has 1 atom stereocenters. The minimum atomic E-state index is -2.86. The fraction of sp³-hybridized carbons (Fsp3) is 0.200. The van der Waals surface area contributed by atoms with E-state index in [-0.39, 0.29) is 17.4 Å². The number of terminal acetylenes is 1. The Morgan fingerprint density at radius 3 is 2.30 bits per heavy atom. The van der Waals surface area contributed by atoms with Crippen LogP contribution < -0.4 is 9.47 Å². The lowest BCUT2D eigenvalue weighted by Gasteiger charge is -2.13. The lowest BCUT2D eigenvalue weighted by atomic mass is 9.93. The summed E-state index contributed by atoms with van der Waals surface area (Å²) in [5, 5.41) is 0. The van der Waals surface area contributed by atoms with Crippen molar-refractivity contribution in [3.63, 3.8) is 0 Å². The summed E-state index contributed by atoms with van der Waals surface area (Å²) in [5.74, 6) is 3.03. The number of aryl methyl sites for hydroxylation is 1. The van der Waals surface area contributed by atoms with E-state index in [4.69, 9.17) is 11.2 Å². The van der Waals surface area contributed by atoms with Gasteiger partial charge in [-0.3, -0.25) is 0 Å². The molecular weight excluding hydrogens is 389 g/mol. The van der Waals surface area contributed by atoms with Gasteiger partial charge < -0.3 is 9.47 Å². The van der Waals surface area contributed by atoms with Crippen LogP contribution in [0, 0.1) is 18.2 Å². The highest BCUT2D eigenvalue weighted by atomic mass is 19.3. The standard InChI is InChI=1S/C25H21F3O2/c1-2-19(20-12-14-22(15-13-20)30-25(27)28)8-6-7-18-11-16-23(26)24(17-18)29-21-9-4-3-5-10-21/h1,3-5,9-17,19,25H,6-8H2. The van der Waals surface area contributed by atoms with Crippen LogP contribution in [0.1, 0.15) is 29.9 Å². The quantitative estimate of drug-likeness (QED) is 0.355. The topological polar surface area (TPSA) is 18.5 Å². The van der Waals surface area contributed by atoms with Crippen molar-refractivity contribution in [2.24, 2.45) is 0 Å². The number of benzene rings is 3. The summed E-state index contributed by atoms with van der Waals surface area (Å²) in [6.07, 6.45) is 7.85. The van der Waals surface area contributed by atoms with Gasteiger partial charge in [0, 0.05) is 5.92 Å². The van der Waals surface area contributed by atoms with Gasteiger partial charge in [-0.1, -0.05) is 42.3 Å². The molecule has 0 N–H and O–H groups in total. The van der Waals surface area contributed by atoms with Gasteiger partial charge in [0.25, 0.3) is 0 Å². The summed E-state index contributed by atoms with van der Waals surface area (Å²) >= 11 is 0. The van der Waals surface area contributed by atoms with Crippen LogP contribution in [0.3, 0.4) is 0 Å². The average molecular weight is 410 g/mol. The molecular formula is C25H21F3O2. The Morgan fingerprint density at radius 1 is 0.900 bits per heavy atom. The van der Waals surface area contributed by atoms with Gasteiger partial charge in [0.05, 0.1) is 0 Å². The molecule has 2 nitrogen and oxygen atoms in total. The molecule has 0 heterocycles. The molecule has 3 rings (SSSR count). The summed E-state index contributed by atoms with van der Waals surface area (Å²) in [5.41, 5.74) is 1.81. The molecule has 1 unspecified atom stereocenters. The van der Waals surface area contributed by atoms with Crippen molar-refractivity contribution >= 4 is 0 Å². The first-order valence-corrected chi connectivity index (χ1v) is 9.57. The molecule has 30 heavy (non-hydrogen) atoms. The predicted molar refractivity (Wildman–Crippen MR) is 111 cm³/mol. The minimum absolute atomic E-state index is 0.0989. The van der Waals surface area contributed by atoms with E-state index in [1.807, 2.05) is 18.2 Å². The van der Waals surface area contributed by atoms with E-state index in [0.29, 0.717) is 18.6 Å². The number of alkyl halides is 2. The van der Waals surface area contributed by atoms with Crippen LogP contribution in [0.2, 0.25) is 0 Å². The number of ether oxygens (including phenoxy) is 2. The molecule has 0 fully saturated rings. The van der Waals surface area contributed by atoms with E-state index in [1.165, 1.54) is 18.2 Å². The van der Waals surface area contributed by atoms with E-state index in [2.05, 4.69) is 10.7 Å². The van der Waals surface area contributed by atoms with Crippen molar-refractivity contribution in [2.75, 3.05) is 0 Å². The zero-order valence-electron chi connectivity index (χ0n) is 16.2. The Kier molecular flexibility index (Phi) is 7.40. The molecule has 0 saturated carbocycles. The van der Waals surface area contributed by atoms with Gasteiger partial charge in [0.15, 0.2) is 11.6 Å². The maximum absolute atomic E-state index is 14.1. The van der Waals surface area contributed by atoms with Crippen molar-refractivity contribution in [1.29, 1.82) is 0 Å². The Hall–Kier alpha value is -3.39.